The Morgan fingerprint density at radius 1 is 0.656 bits per heavy atom. The van der Waals surface area contributed by atoms with E-state index >= 15 is 0 Å². The van der Waals surface area contributed by atoms with Gasteiger partial charge in [0, 0.05) is 6.42 Å². The molecule has 0 spiro atoms. The summed E-state index contributed by atoms with van der Waals surface area (Å²) in [5, 5.41) is 0. The Morgan fingerprint density at radius 3 is 1.97 bits per heavy atom. The summed E-state index contributed by atoms with van der Waals surface area (Å²) in [6.45, 7) is 4.49. The first-order valence-corrected chi connectivity index (χ1v) is 14.9. The van der Waals surface area contributed by atoms with Crippen LogP contribution in [0.3, 0.4) is 0 Å². The van der Waals surface area contributed by atoms with Gasteiger partial charge in [-0.05, 0) is 81.0 Å². The van der Waals surface area contributed by atoms with E-state index in [-0.39, 0.29) is 12.1 Å². The maximum absolute atomic E-state index is 12.2. The minimum atomic E-state index is 0.0667. The average molecular weight is 447 g/mol. The maximum Gasteiger partial charge on any atom is 0.306 e. The molecule has 0 heterocycles. The number of esters is 1. The lowest BCUT2D eigenvalue weighted by Gasteiger charge is -2.50. The Labute approximate surface area is 200 Å². The summed E-state index contributed by atoms with van der Waals surface area (Å²) in [5.74, 6) is 4.86. The Kier molecular flexibility index (Phi) is 12.0. The summed E-state index contributed by atoms with van der Waals surface area (Å²) in [7, 11) is 0. The third-order valence-corrected chi connectivity index (χ3v) is 9.35. The minimum Gasteiger partial charge on any atom is -0.462 e. The second-order valence-electron chi connectivity index (χ2n) is 11.7. The molecule has 0 N–H and O–H groups in total. The number of hydrogen-bond acceptors (Lipinski definition) is 2. The van der Waals surface area contributed by atoms with Gasteiger partial charge in [0.2, 0.25) is 0 Å². The van der Waals surface area contributed by atoms with Crippen LogP contribution in [0.1, 0.15) is 149 Å². The van der Waals surface area contributed by atoms with Gasteiger partial charge in [-0.2, -0.15) is 0 Å². The minimum absolute atomic E-state index is 0.0667. The van der Waals surface area contributed by atoms with Crippen LogP contribution >= 0.6 is 0 Å². The molecule has 0 saturated heterocycles. The fourth-order valence-corrected chi connectivity index (χ4v) is 7.55. The molecule has 0 aromatic heterocycles. The number of hydrogen-bond donors (Lipinski definition) is 0. The highest BCUT2D eigenvalue weighted by Gasteiger charge is 2.44. The van der Waals surface area contributed by atoms with Crippen molar-refractivity contribution in [2.75, 3.05) is 0 Å². The molecule has 3 aliphatic carbocycles. The molecular formula is C30H54O2. The highest BCUT2D eigenvalue weighted by atomic mass is 16.5. The first-order valence-electron chi connectivity index (χ1n) is 14.9. The van der Waals surface area contributed by atoms with E-state index < -0.39 is 0 Å². The van der Waals surface area contributed by atoms with Gasteiger partial charge in [-0.1, -0.05) is 90.9 Å². The van der Waals surface area contributed by atoms with Crippen LogP contribution in [0.5, 0.6) is 0 Å². The second kappa shape index (κ2) is 14.7. The van der Waals surface area contributed by atoms with Crippen LogP contribution in [0.4, 0.5) is 0 Å². The van der Waals surface area contributed by atoms with Crippen molar-refractivity contribution in [1.29, 1.82) is 0 Å². The van der Waals surface area contributed by atoms with Gasteiger partial charge in [0.25, 0.3) is 0 Å². The van der Waals surface area contributed by atoms with Gasteiger partial charge in [0.1, 0.15) is 6.10 Å². The van der Waals surface area contributed by atoms with Crippen molar-refractivity contribution in [2.24, 2.45) is 29.6 Å². The largest absolute Gasteiger partial charge is 0.462 e. The van der Waals surface area contributed by atoms with Crippen LogP contribution in [0.15, 0.2) is 0 Å². The molecule has 0 aromatic rings. The normalized spacial score (nSPS) is 32.2. The van der Waals surface area contributed by atoms with Crippen molar-refractivity contribution >= 4 is 5.97 Å². The third kappa shape index (κ3) is 8.35. The van der Waals surface area contributed by atoms with Crippen LogP contribution in [0.25, 0.3) is 0 Å². The molecule has 0 amide bonds. The van der Waals surface area contributed by atoms with Gasteiger partial charge in [-0.3, -0.25) is 4.79 Å². The van der Waals surface area contributed by atoms with Crippen molar-refractivity contribution in [3.8, 4) is 0 Å². The molecule has 4 unspecified atom stereocenters. The zero-order valence-corrected chi connectivity index (χ0v) is 21.6. The third-order valence-electron chi connectivity index (χ3n) is 9.35. The van der Waals surface area contributed by atoms with Crippen LogP contribution < -0.4 is 0 Å². The molecule has 0 aromatic carbocycles. The van der Waals surface area contributed by atoms with Crippen LogP contribution in [0, 0.1) is 29.6 Å². The number of carbonyl (C=O) groups excluding carboxylic acids is 1. The maximum atomic E-state index is 12.2. The zero-order valence-electron chi connectivity index (χ0n) is 21.6. The molecule has 3 fully saturated rings. The predicted molar refractivity (Wildman–Crippen MR) is 136 cm³/mol. The number of unbranched alkanes of at least 4 members (excludes halogenated alkanes) is 9. The Bertz CT molecular complexity index is 515. The van der Waals surface area contributed by atoms with Gasteiger partial charge in [0.15, 0.2) is 0 Å². The van der Waals surface area contributed by atoms with Crippen LogP contribution in [0.2, 0.25) is 0 Å². The summed E-state index contributed by atoms with van der Waals surface area (Å²) in [6.07, 6.45) is 28.2. The quantitative estimate of drug-likeness (QED) is 0.196. The first-order chi connectivity index (χ1) is 15.7. The fourth-order valence-electron chi connectivity index (χ4n) is 7.55. The molecule has 0 aliphatic heterocycles. The zero-order chi connectivity index (χ0) is 22.6. The van der Waals surface area contributed by atoms with E-state index in [2.05, 4.69) is 13.8 Å². The molecule has 32 heavy (non-hydrogen) atoms. The van der Waals surface area contributed by atoms with E-state index in [4.69, 9.17) is 4.74 Å². The standard InChI is InChI=1S/C30H54O2/c1-3-5-7-8-9-10-11-13-14-24-16-20-28-25(22-24)17-18-26-23-27(19-21-29(26)28)32-30(31)15-12-6-4-2/h24-29H,3-23H2,1-2H3/t24-,25?,26?,27-,28?,29?/m0/s1. The van der Waals surface area contributed by atoms with E-state index in [1.54, 1.807) is 0 Å². The summed E-state index contributed by atoms with van der Waals surface area (Å²) in [6, 6.07) is 0. The molecule has 3 aliphatic rings. The van der Waals surface area contributed by atoms with E-state index in [1.165, 1.54) is 103 Å². The Hall–Kier alpha value is -0.530. The number of ether oxygens (including phenoxy) is 1. The lowest BCUT2D eigenvalue weighted by atomic mass is 9.56. The summed E-state index contributed by atoms with van der Waals surface area (Å²) >= 11 is 0. The second-order valence-corrected chi connectivity index (χ2v) is 11.7. The smallest absolute Gasteiger partial charge is 0.306 e. The van der Waals surface area contributed by atoms with E-state index in [9.17, 15) is 4.79 Å². The predicted octanol–water partition coefficient (Wildman–Crippen LogP) is 9.25. The first kappa shape index (κ1) is 26.1. The van der Waals surface area contributed by atoms with Crippen molar-refractivity contribution in [1.82, 2.24) is 0 Å². The average Bonchev–Trinajstić information content (AvgIpc) is 2.80. The lowest BCUT2D eigenvalue weighted by Crippen LogP contribution is -2.43. The summed E-state index contributed by atoms with van der Waals surface area (Å²) in [4.78, 5) is 12.2. The van der Waals surface area contributed by atoms with E-state index in [1.807, 2.05) is 0 Å². The number of rotatable bonds is 14. The van der Waals surface area contributed by atoms with E-state index in [0.29, 0.717) is 6.42 Å². The van der Waals surface area contributed by atoms with Gasteiger partial charge >= 0.3 is 5.97 Å². The number of fused-ring (bicyclic) bond motifs is 3. The van der Waals surface area contributed by atoms with E-state index in [0.717, 1.165) is 55.3 Å². The van der Waals surface area contributed by atoms with Crippen molar-refractivity contribution in [2.45, 2.75) is 155 Å². The Morgan fingerprint density at radius 2 is 1.25 bits per heavy atom. The van der Waals surface area contributed by atoms with Gasteiger partial charge < -0.3 is 4.74 Å². The molecule has 0 bridgehead atoms. The van der Waals surface area contributed by atoms with Gasteiger partial charge in [-0.25, -0.2) is 0 Å². The summed E-state index contributed by atoms with van der Waals surface area (Å²) < 4.78 is 5.89. The van der Waals surface area contributed by atoms with Crippen molar-refractivity contribution in [3.05, 3.63) is 0 Å². The molecule has 3 saturated carbocycles. The topological polar surface area (TPSA) is 26.3 Å². The molecule has 2 heteroatoms. The van der Waals surface area contributed by atoms with Crippen molar-refractivity contribution < 1.29 is 9.53 Å². The van der Waals surface area contributed by atoms with Gasteiger partial charge in [-0.15, -0.1) is 0 Å². The molecule has 6 atom stereocenters. The molecule has 2 nitrogen and oxygen atoms in total. The monoisotopic (exact) mass is 446 g/mol. The SMILES string of the molecule is CCCCCCCCCC[C@H]1CCC2C(CCC3C[C@@H](OC(=O)CCCCC)CCC32)C1. The highest BCUT2D eigenvalue weighted by Crippen LogP contribution is 2.53. The van der Waals surface area contributed by atoms with Gasteiger partial charge in [0.05, 0.1) is 0 Å². The Balaban J connectivity index is 1.31. The molecule has 186 valence electrons. The molecular weight excluding hydrogens is 392 g/mol. The number of carbonyl (C=O) groups is 1. The van der Waals surface area contributed by atoms with Crippen molar-refractivity contribution in [3.63, 3.8) is 0 Å². The molecule has 0 radical (unpaired) electrons. The molecule has 3 rings (SSSR count). The summed E-state index contributed by atoms with van der Waals surface area (Å²) in [5.41, 5.74) is 0. The van der Waals surface area contributed by atoms with Crippen LogP contribution in [-0.2, 0) is 9.53 Å². The fraction of sp³-hybridized carbons (Fsp3) is 0.967. The van der Waals surface area contributed by atoms with Crippen LogP contribution in [-0.4, -0.2) is 12.1 Å². The lowest BCUT2D eigenvalue weighted by molar-refractivity contribution is -0.153. The highest BCUT2D eigenvalue weighted by molar-refractivity contribution is 5.69.